The molecule has 3 aromatic rings. The van der Waals surface area contributed by atoms with Gasteiger partial charge in [0.2, 0.25) is 5.88 Å². The van der Waals surface area contributed by atoms with Crippen LogP contribution in [0.2, 0.25) is 5.02 Å². The van der Waals surface area contributed by atoms with Crippen LogP contribution in [-0.4, -0.2) is 22.8 Å². The minimum atomic E-state index is -0.212. The Kier molecular flexibility index (Phi) is 3.96. The summed E-state index contributed by atoms with van der Waals surface area (Å²) in [5.41, 5.74) is 2.85. The van der Waals surface area contributed by atoms with Crippen molar-refractivity contribution in [1.82, 2.24) is 9.78 Å². The van der Waals surface area contributed by atoms with Crippen LogP contribution in [0.1, 0.15) is 15.9 Å². The van der Waals surface area contributed by atoms with Gasteiger partial charge in [0.05, 0.1) is 18.0 Å². The zero-order chi connectivity index (χ0) is 16.6. The predicted molar refractivity (Wildman–Crippen MR) is 91.4 cm³/mol. The Labute approximate surface area is 138 Å². The van der Waals surface area contributed by atoms with Gasteiger partial charge in [0, 0.05) is 23.3 Å². The lowest BCUT2D eigenvalue weighted by Gasteiger charge is -2.07. The molecule has 6 heteroatoms. The Balaban J connectivity index is 1.90. The number of methoxy groups -OCH3 is 1. The number of amides is 1. The molecule has 0 fully saturated rings. The average Bonchev–Trinajstić information content (AvgIpc) is 2.85. The van der Waals surface area contributed by atoms with Gasteiger partial charge in [-0.25, -0.2) is 4.68 Å². The number of benzene rings is 2. The first-order valence-electron chi connectivity index (χ1n) is 7.08. The van der Waals surface area contributed by atoms with Crippen LogP contribution in [0.5, 0.6) is 5.88 Å². The molecule has 0 atom stereocenters. The van der Waals surface area contributed by atoms with Crippen molar-refractivity contribution in [2.45, 2.75) is 6.92 Å². The Morgan fingerprint density at radius 2 is 2.04 bits per heavy atom. The van der Waals surface area contributed by atoms with Crippen molar-refractivity contribution < 1.29 is 9.53 Å². The van der Waals surface area contributed by atoms with Crippen LogP contribution in [0, 0.1) is 6.92 Å². The molecule has 0 spiro atoms. The minimum Gasteiger partial charge on any atom is -0.481 e. The third kappa shape index (κ3) is 2.87. The highest BCUT2D eigenvalue weighted by atomic mass is 35.5. The SMILES string of the molecule is COc1c2ccc(C(=O)Nc3ccc(C)c(Cl)c3)cc2nn1C. The number of aryl methyl sites for hydroxylation is 2. The summed E-state index contributed by atoms with van der Waals surface area (Å²) in [7, 11) is 3.39. The van der Waals surface area contributed by atoms with Crippen molar-refractivity contribution in [3.63, 3.8) is 0 Å². The number of aromatic nitrogens is 2. The van der Waals surface area contributed by atoms with E-state index >= 15 is 0 Å². The lowest BCUT2D eigenvalue weighted by molar-refractivity contribution is 0.102. The highest BCUT2D eigenvalue weighted by Gasteiger charge is 2.13. The maximum absolute atomic E-state index is 12.4. The second-order valence-corrected chi connectivity index (χ2v) is 5.69. The Morgan fingerprint density at radius 1 is 1.26 bits per heavy atom. The largest absolute Gasteiger partial charge is 0.481 e. The van der Waals surface area contributed by atoms with Gasteiger partial charge in [-0.1, -0.05) is 17.7 Å². The number of anilines is 1. The van der Waals surface area contributed by atoms with Crippen molar-refractivity contribution in [2.75, 3.05) is 12.4 Å². The molecular weight excluding hydrogens is 314 g/mol. The number of rotatable bonds is 3. The van der Waals surface area contributed by atoms with Crippen molar-refractivity contribution >= 4 is 34.1 Å². The van der Waals surface area contributed by atoms with Gasteiger partial charge in [0.1, 0.15) is 0 Å². The number of fused-ring (bicyclic) bond motifs is 1. The fourth-order valence-corrected chi connectivity index (χ4v) is 2.61. The fraction of sp³-hybridized carbons (Fsp3) is 0.176. The molecule has 118 valence electrons. The van der Waals surface area contributed by atoms with Gasteiger partial charge >= 0.3 is 0 Å². The van der Waals surface area contributed by atoms with E-state index in [0.717, 1.165) is 10.9 Å². The number of nitrogens with zero attached hydrogens (tertiary/aromatic N) is 2. The van der Waals surface area contributed by atoms with E-state index in [9.17, 15) is 4.79 Å². The molecule has 2 aromatic carbocycles. The number of halogens is 1. The van der Waals surface area contributed by atoms with E-state index in [1.165, 1.54) is 0 Å². The van der Waals surface area contributed by atoms with E-state index in [-0.39, 0.29) is 5.91 Å². The molecule has 1 N–H and O–H groups in total. The maximum atomic E-state index is 12.4. The Bertz CT molecular complexity index is 902. The minimum absolute atomic E-state index is 0.212. The third-order valence-corrected chi connectivity index (χ3v) is 4.07. The predicted octanol–water partition coefficient (Wildman–Crippen LogP) is 3.80. The van der Waals surface area contributed by atoms with Crippen molar-refractivity contribution in [2.24, 2.45) is 7.05 Å². The van der Waals surface area contributed by atoms with Gasteiger partial charge in [-0.05, 0) is 42.8 Å². The number of carbonyl (C=O) groups excluding carboxylic acids is 1. The molecule has 0 aliphatic carbocycles. The molecule has 23 heavy (non-hydrogen) atoms. The Morgan fingerprint density at radius 3 is 2.74 bits per heavy atom. The second-order valence-electron chi connectivity index (χ2n) is 5.28. The topological polar surface area (TPSA) is 56.1 Å². The van der Waals surface area contributed by atoms with Gasteiger partial charge in [0.15, 0.2) is 0 Å². The van der Waals surface area contributed by atoms with Gasteiger partial charge in [0.25, 0.3) is 5.91 Å². The first-order valence-corrected chi connectivity index (χ1v) is 7.45. The summed E-state index contributed by atoms with van der Waals surface area (Å²) in [5.74, 6) is 0.453. The highest BCUT2D eigenvalue weighted by molar-refractivity contribution is 6.31. The van der Waals surface area contributed by atoms with Gasteiger partial charge < -0.3 is 10.1 Å². The van der Waals surface area contributed by atoms with Crippen LogP contribution in [-0.2, 0) is 7.05 Å². The maximum Gasteiger partial charge on any atom is 0.255 e. The van der Waals surface area contributed by atoms with Crippen LogP contribution in [0.25, 0.3) is 10.9 Å². The summed E-state index contributed by atoms with van der Waals surface area (Å²) in [4.78, 5) is 12.4. The molecule has 0 saturated carbocycles. The molecule has 0 bridgehead atoms. The first kappa shape index (κ1) is 15.4. The summed E-state index contributed by atoms with van der Waals surface area (Å²) in [6.07, 6.45) is 0. The molecular formula is C17H16ClN3O2. The van der Waals surface area contributed by atoms with Gasteiger partial charge in [-0.15, -0.1) is 0 Å². The van der Waals surface area contributed by atoms with Crippen LogP contribution >= 0.6 is 11.6 Å². The van der Waals surface area contributed by atoms with E-state index in [4.69, 9.17) is 16.3 Å². The normalized spacial score (nSPS) is 10.8. The summed E-state index contributed by atoms with van der Waals surface area (Å²) in [6.45, 7) is 1.91. The summed E-state index contributed by atoms with van der Waals surface area (Å²) in [5, 5.41) is 8.67. The fourth-order valence-electron chi connectivity index (χ4n) is 2.43. The van der Waals surface area contributed by atoms with Crippen molar-refractivity contribution in [3.05, 3.63) is 52.5 Å². The molecule has 3 rings (SSSR count). The highest BCUT2D eigenvalue weighted by Crippen LogP contribution is 2.26. The number of hydrogen-bond acceptors (Lipinski definition) is 3. The molecule has 0 radical (unpaired) electrons. The van der Waals surface area contributed by atoms with Crippen LogP contribution in [0.4, 0.5) is 5.69 Å². The van der Waals surface area contributed by atoms with Crippen LogP contribution in [0.15, 0.2) is 36.4 Å². The average molecular weight is 330 g/mol. The second kappa shape index (κ2) is 5.93. The number of nitrogens with one attached hydrogen (secondary N) is 1. The quantitative estimate of drug-likeness (QED) is 0.795. The lowest BCUT2D eigenvalue weighted by Crippen LogP contribution is -2.11. The van der Waals surface area contributed by atoms with E-state index in [1.54, 1.807) is 37.0 Å². The van der Waals surface area contributed by atoms with E-state index in [2.05, 4.69) is 10.4 Å². The molecule has 1 heterocycles. The standard InChI is InChI=1S/C17H16ClN3O2/c1-10-4-6-12(9-14(10)18)19-16(22)11-5-7-13-15(8-11)20-21(2)17(13)23-3/h4-9H,1-3H3,(H,19,22). The Hall–Kier alpha value is -2.53. The van der Waals surface area contributed by atoms with E-state index in [1.807, 2.05) is 25.1 Å². The van der Waals surface area contributed by atoms with Crippen molar-refractivity contribution in [3.8, 4) is 5.88 Å². The summed E-state index contributed by atoms with van der Waals surface area (Å²) >= 11 is 6.08. The monoisotopic (exact) mass is 329 g/mol. The summed E-state index contributed by atoms with van der Waals surface area (Å²) in [6, 6.07) is 10.7. The number of hydrogen-bond donors (Lipinski definition) is 1. The van der Waals surface area contributed by atoms with Gasteiger partial charge in [-0.2, -0.15) is 5.10 Å². The smallest absolute Gasteiger partial charge is 0.255 e. The first-order chi connectivity index (χ1) is 11.0. The zero-order valence-electron chi connectivity index (χ0n) is 13.1. The molecule has 1 aromatic heterocycles. The molecule has 0 aliphatic heterocycles. The van der Waals surface area contributed by atoms with Crippen LogP contribution < -0.4 is 10.1 Å². The molecule has 5 nitrogen and oxygen atoms in total. The molecule has 0 saturated heterocycles. The lowest BCUT2D eigenvalue weighted by atomic mass is 10.1. The van der Waals surface area contributed by atoms with Gasteiger partial charge in [-0.3, -0.25) is 4.79 Å². The van der Waals surface area contributed by atoms with E-state index < -0.39 is 0 Å². The molecule has 0 unspecified atom stereocenters. The molecule has 0 aliphatic rings. The van der Waals surface area contributed by atoms with E-state index in [0.29, 0.717) is 27.7 Å². The van der Waals surface area contributed by atoms with Crippen molar-refractivity contribution in [1.29, 1.82) is 0 Å². The zero-order valence-corrected chi connectivity index (χ0v) is 13.8. The number of carbonyl (C=O) groups is 1. The summed E-state index contributed by atoms with van der Waals surface area (Å²) < 4.78 is 6.95. The third-order valence-electron chi connectivity index (χ3n) is 3.67. The van der Waals surface area contributed by atoms with Crippen LogP contribution in [0.3, 0.4) is 0 Å². The molecule has 1 amide bonds. The number of ether oxygens (including phenoxy) is 1.